The van der Waals surface area contributed by atoms with Gasteiger partial charge in [-0.3, -0.25) is 4.98 Å². The highest BCUT2D eigenvalue weighted by atomic mass is 16.4. The average Bonchev–Trinajstić information content (AvgIpc) is 3.09. The minimum absolute atomic E-state index is 0.144. The number of pyridine rings is 1. The van der Waals surface area contributed by atoms with Crippen LogP contribution in [0.1, 0.15) is 35.3 Å². The van der Waals surface area contributed by atoms with Gasteiger partial charge in [0.2, 0.25) is 0 Å². The van der Waals surface area contributed by atoms with E-state index in [4.69, 9.17) is 0 Å². The van der Waals surface area contributed by atoms with E-state index in [1.807, 2.05) is 30.3 Å². The summed E-state index contributed by atoms with van der Waals surface area (Å²) in [5.41, 5.74) is 2.85. The number of benzene rings is 1. The topological polar surface area (TPSA) is 62.2 Å². The number of carbonyl (C=O) groups is 1. The van der Waals surface area contributed by atoms with E-state index in [1.165, 1.54) is 0 Å². The van der Waals surface area contributed by atoms with Crippen molar-refractivity contribution in [1.82, 2.24) is 10.3 Å². The maximum absolute atomic E-state index is 11.7. The first kappa shape index (κ1) is 14.7. The molecule has 1 fully saturated rings. The van der Waals surface area contributed by atoms with Crippen molar-refractivity contribution in [2.45, 2.75) is 19.3 Å². The Balaban J connectivity index is 1.99. The summed E-state index contributed by atoms with van der Waals surface area (Å²) in [5.74, 6) is -0.308. The monoisotopic (exact) mass is 296 g/mol. The minimum atomic E-state index is -0.905. The first-order chi connectivity index (χ1) is 10.7. The number of nitrogens with one attached hydrogen (secondary N) is 1. The van der Waals surface area contributed by atoms with Crippen LogP contribution in [0.4, 0.5) is 0 Å². The minimum Gasteiger partial charge on any atom is -0.478 e. The van der Waals surface area contributed by atoms with Crippen LogP contribution in [0, 0.1) is 5.92 Å². The molecular formula is C18H20N2O2. The summed E-state index contributed by atoms with van der Waals surface area (Å²) >= 11 is 0. The molecule has 2 aromatic rings. The Morgan fingerprint density at radius 1 is 1.32 bits per heavy atom. The zero-order valence-electron chi connectivity index (χ0n) is 12.6. The molecule has 22 heavy (non-hydrogen) atoms. The average molecular weight is 296 g/mol. The summed E-state index contributed by atoms with van der Waals surface area (Å²) in [4.78, 5) is 16.2. The van der Waals surface area contributed by atoms with Gasteiger partial charge in [0.05, 0.1) is 11.3 Å². The first-order valence-electron chi connectivity index (χ1n) is 7.66. The van der Waals surface area contributed by atoms with Crippen LogP contribution in [-0.2, 0) is 0 Å². The van der Waals surface area contributed by atoms with Crippen LogP contribution in [0.25, 0.3) is 11.1 Å². The van der Waals surface area contributed by atoms with Gasteiger partial charge >= 0.3 is 5.97 Å². The fourth-order valence-electron chi connectivity index (χ4n) is 3.12. The molecule has 0 bridgehead atoms. The molecule has 1 aliphatic heterocycles. The summed E-state index contributed by atoms with van der Waals surface area (Å²) in [6.45, 7) is 4.01. The lowest BCUT2D eigenvalue weighted by atomic mass is 9.87. The first-order valence-corrected chi connectivity index (χ1v) is 7.66. The van der Waals surface area contributed by atoms with Crippen molar-refractivity contribution in [2.75, 3.05) is 13.1 Å². The number of aromatic carboxylic acids is 1. The normalized spacial score (nSPS) is 19.0. The van der Waals surface area contributed by atoms with Crippen molar-refractivity contribution in [2.24, 2.45) is 5.92 Å². The van der Waals surface area contributed by atoms with Gasteiger partial charge in [-0.05, 0) is 37.1 Å². The molecule has 114 valence electrons. The Hall–Kier alpha value is -2.20. The molecule has 2 N–H and O–H groups in total. The molecule has 1 aliphatic rings. The fraction of sp³-hybridized carbons (Fsp3) is 0.333. The molecule has 2 unspecified atom stereocenters. The van der Waals surface area contributed by atoms with Gasteiger partial charge in [-0.2, -0.15) is 0 Å². The molecule has 0 aliphatic carbocycles. The summed E-state index contributed by atoms with van der Waals surface area (Å²) in [6.07, 6.45) is 2.86. The molecule has 4 heteroatoms. The largest absolute Gasteiger partial charge is 0.478 e. The Labute approximate surface area is 130 Å². The maximum Gasteiger partial charge on any atom is 0.337 e. The van der Waals surface area contributed by atoms with E-state index < -0.39 is 5.97 Å². The second-order valence-electron chi connectivity index (χ2n) is 5.87. The maximum atomic E-state index is 11.7. The van der Waals surface area contributed by atoms with E-state index in [-0.39, 0.29) is 5.92 Å². The van der Waals surface area contributed by atoms with Crippen LogP contribution < -0.4 is 5.32 Å². The summed E-state index contributed by atoms with van der Waals surface area (Å²) in [5, 5.41) is 12.9. The van der Waals surface area contributed by atoms with E-state index >= 15 is 0 Å². The lowest BCUT2D eigenvalue weighted by Gasteiger charge is -2.20. The summed E-state index contributed by atoms with van der Waals surface area (Å²) in [7, 11) is 0. The van der Waals surface area contributed by atoms with E-state index in [0.717, 1.165) is 30.6 Å². The Bertz CT molecular complexity index is 664. The van der Waals surface area contributed by atoms with Crippen molar-refractivity contribution in [3.63, 3.8) is 0 Å². The molecule has 0 amide bonds. The second-order valence-corrected chi connectivity index (χ2v) is 5.87. The quantitative estimate of drug-likeness (QED) is 0.909. The van der Waals surface area contributed by atoms with E-state index in [0.29, 0.717) is 17.2 Å². The third-order valence-corrected chi connectivity index (χ3v) is 4.49. The van der Waals surface area contributed by atoms with E-state index in [1.54, 1.807) is 12.3 Å². The Kier molecular flexibility index (Phi) is 4.20. The van der Waals surface area contributed by atoms with Gasteiger partial charge in [0.15, 0.2) is 0 Å². The number of rotatable bonds is 4. The predicted octanol–water partition coefficient (Wildman–Crippen LogP) is 3.16. The highest BCUT2D eigenvalue weighted by Crippen LogP contribution is 2.31. The van der Waals surface area contributed by atoms with Crippen molar-refractivity contribution in [1.29, 1.82) is 0 Å². The van der Waals surface area contributed by atoms with Gasteiger partial charge < -0.3 is 10.4 Å². The van der Waals surface area contributed by atoms with Crippen molar-refractivity contribution in [3.05, 3.63) is 53.9 Å². The molecule has 1 aromatic carbocycles. The van der Waals surface area contributed by atoms with Gasteiger partial charge in [-0.15, -0.1) is 0 Å². The molecular weight excluding hydrogens is 276 g/mol. The van der Waals surface area contributed by atoms with Crippen LogP contribution in [0.2, 0.25) is 0 Å². The fourth-order valence-corrected chi connectivity index (χ4v) is 3.12. The number of nitrogens with zero attached hydrogens (tertiary/aromatic N) is 1. The standard InChI is InChI=1S/C18H20N2O2/c1-12(14-7-8-19-10-14)17-16(18(21)22)9-15(11-20-17)13-5-3-2-4-6-13/h2-6,9,11-12,14,19H,7-8,10H2,1H3,(H,21,22). The zero-order chi connectivity index (χ0) is 15.5. The summed E-state index contributed by atoms with van der Waals surface area (Å²) < 4.78 is 0. The molecule has 4 nitrogen and oxygen atoms in total. The third-order valence-electron chi connectivity index (χ3n) is 4.49. The molecule has 2 heterocycles. The molecule has 1 aromatic heterocycles. The van der Waals surface area contributed by atoms with Gasteiger partial charge in [-0.25, -0.2) is 4.79 Å². The van der Waals surface area contributed by atoms with Gasteiger partial charge in [0.1, 0.15) is 0 Å². The van der Waals surface area contributed by atoms with Crippen LogP contribution in [-0.4, -0.2) is 29.1 Å². The van der Waals surface area contributed by atoms with E-state index in [2.05, 4.69) is 17.2 Å². The lowest BCUT2D eigenvalue weighted by molar-refractivity contribution is 0.0694. The van der Waals surface area contributed by atoms with Crippen LogP contribution >= 0.6 is 0 Å². The number of carboxylic acid groups (broad SMARTS) is 1. The van der Waals surface area contributed by atoms with Crippen molar-refractivity contribution < 1.29 is 9.90 Å². The lowest BCUT2D eigenvalue weighted by Crippen LogP contribution is -2.18. The number of hydrogen-bond acceptors (Lipinski definition) is 3. The van der Waals surface area contributed by atoms with Gasteiger partial charge in [0.25, 0.3) is 0 Å². The highest BCUT2D eigenvalue weighted by molar-refractivity contribution is 5.90. The van der Waals surface area contributed by atoms with Gasteiger partial charge in [-0.1, -0.05) is 37.3 Å². The number of aromatic nitrogens is 1. The molecule has 2 atom stereocenters. The molecule has 1 saturated heterocycles. The number of hydrogen-bond donors (Lipinski definition) is 2. The third kappa shape index (κ3) is 2.88. The SMILES string of the molecule is CC(c1ncc(-c2ccccc2)cc1C(=O)O)C1CCNC1. The molecule has 3 rings (SSSR count). The van der Waals surface area contributed by atoms with E-state index in [9.17, 15) is 9.90 Å². The van der Waals surface area contributed by atoms with Crippen molar-refractivity contribution >= 4 is 5.97 Å². The summed E-state index contributed by atoms with van der Waals surface area (Å²) in [6, 6.07) is 11.5. The van der Waals surface area contributed by atoms with Crippen LogP contribution in [0.15, 0.2) is 42.6 Å². The van der Waals surface area contributed by atoms with Crippen LogP contribution in [0.5, 0.6) is 0 Å². The molecule has 0 saturated carbocycles. The Morgan fingerprint density at radius 2 is 2.09 bits per heavy atom. The zero-order valence-corrected chi connectivity index (χ0v) is 12.6. The second kappa shape index (κ2) is 6.28. The van der Waals surface area contributed by atoms with Gasteiger partial charge in [0, 0.05) is 17.7 Å². The predicted molar refractivity (Wildman–Crippen MR) is 86.0 cm³/mol. The molecule has 0 spiro atoms. The molecule has 0 radical (unpaired) electrons. The number of carboxylic acids is 1. The van der Waals surface area contributed by atoms with Crippen molar-refractivity contribution in [3.8, 4) is 11.1 Å². The highest BCUT2D eigenvalue weighted by Gasteiger charge is 2.27. The smallest absolute Gasteiger partial charge is 0.337 e. The van der Waals surface area contributed by atoms with Crippen LogP contribution in [0.3, 0.4) is 0 Å². The Morgan fingerprint density at radius 3 is 2.73 bits per heavy atom.